The Bertz CT molecular complexity index is 1160. The number of para-hydroxylation sites is 1. The van der Waals surface area contributed by atoms with Crippen molar-refractivity contribution >= 4 is 17.8 Å². The summed E-state index contributed by atoms with van der Waals surface area (Å²) in [6, 6.07) is 12.1. The lowest BCUT2D eigenvalue weighted by Gasteiger charge is -2.35. The summed E-state index contributed by atoms with van der Waals surface area (Å²) in [6.07, 6.45) is 3.57. The second kappa shape index (κ2) is 9.57. The number of hydrogen-bond donors (Lipinski definition) is 0. The molecule has 1 saturated heterocycles. The van der Waals surface area contributed by atoms with Crippen LogP contribution in [0.3, 0.4) is 0 Å². The van der Waals surface area contributed by atoms with Crippen molar-refractivity contribution in [3.63, 3.8) is 0 Å². The van der Waals surface area contributed by atoms with E-state index in [1.807, 2.05) is 72.8 Å². The van der Waals surface area contributed by atoms with Gasteiger partial charge in [-0.25, -0.2) is 14.6 Å². The summed E-state index contributed by atoms with van der Waals surface area (Å²) < 4.78 is 1.92. The van der Waals surface area contributed by atoms with Gasteiger partial charge in [-0.3, -0.25) is 4.79 Å². The van der Waals surface area contributed by atoms with Crippen molar-refractivity contribution in [2.75, 3.05) is 31.1 Å². The lowest BCUT2D eigenvalue weighted by atomic mass is 10.1. The minimum absolute atomic E-state index is 0.0302. The summed E-state index contributed by atoms with van der Waals surface area (Å²) in [5.41, 5.74) is 4.91. The number of piperazine rings is 1. The van der Waals surface area contributed by atoms with Gasteiger partial charge in [0.25, 0.3) is 0 Å². The smallest absolute Gasteiger partial charge is 0.246 e. The first kappa shape index (κ1) is 22.7. The van der Waals surface area contributed by atoms with Gasteiger partial charge in [-0.15, -0.1) is 0 Å². The van der Waals surface area contributed by atoms with E-state index >= 15 is 0 Å². The highest BCUT2D eigenvalue weighted by Crippen LogP contribution is 2.21. The molecular weight excluding hydrogens is 412 g/mol. The normalized spacial score (nSPS) is 14.5. The Labute approximate surface area is 195 Å². The summed E-state index contributed by atoms with van der Waals surface area (Å²) in [7, 11) is 0. The molecule has 1 aromatic carbocycles. The van der Waals surface area contributed by atoms with E-state index in [0.29, 0.717) is 13.1 Å². The first-order chi connectivity index (χ1) is 15.8. The standard InChI is InChI=1S/C26H32N6O/c1-18(2)26-27-19(3)17-24(28-26)30-13-15-31(16-14-30)25(33)12-11-23-20(4)29-32(21(23)5)22-9-7-6-8-10-22/h6-12,17-18H,13-16H2,1-5H3/b12-11+. The number of rotatable bonds is 5. The van der Waals surface area contributed by atoms with Crippen LogP contribution in [0, 0.1) is 20.8 Å². The second-order valence-corrected chi connectivity index (χ2v) is 8.86. The summed E-state index contributed by atoms with van der Waals surface area (Å²) in [6.45, 7) is 13.1. The quantitative estimate of drug-likeness (QED) is 0.555. The number of hydrogen-bond acceptors (Lipinski definition) is 5. The number of anilines is 1. The molecule has 33 heavy (non-hydrogen) atoms. The number of carbonyl (C=O) groups is 1. The van der Waals surface area contributed by atoms with Crippen LogP contribution < -0.4 is 4.90 Å². The number of carbonyl (C=O) groups excluding carboxylic acids is 1. The minimum atomic E-state index is 0.0302. The maximum absolute atomic E-state index is 12.9. The Morgan fingerprint density at radius 1 is 1.00 bits per heavy atom. The molecule has 1 amide bonds. The molecule has 0 atom stereocenters. The van der Waals surface area contributed by atoms with Gasteiger partial charge in [0.2, 0.25) is 5.91 Å². The van der Waals surface area contributed by atoms with Crippen molar-refractivity contribution in [1.29, 1.82) is 0 Å². The van der Waals surface area contributed by atoms with E-state index in [-0.39, 0.29) is 11.8 Å². The molecule has 0 radical (unpaired) electrons. The molecule has 1 aliphatic heterocycles. The molecule has 0 unspecified atom stereocenters. The number of aromatic nitrogens is 4. The average molecular weight is 445 g/mol. The van der Waals surface area contributed by atoms with Crippen LogP contribution in [0.25, 0.3) is 11.8 Å². The molecule has 1 aliphatic rings. The molecule has 3 heterocycles. The van der Waals surface area contributed by atoms with Crippen LogP contribution in [-0.4, -0.2) is 56.7 Å². The second-order valence-electron chi connectivity index (χ2n) is 8.86. The third-order valence-electron chi connectivity index (χ3n) is 6.03. The predicted molar refractivity (Wildman–Crippen MR) is 132 cm³/mol. The number of benzene rings is 1. The van der Waals surface area contributed by atoms with Crippen LogP contribution in [0.2, 0.25) is 0 Å². The molecule has 0 bridgehead atoms. The van der Waals surface area contributed by atoms with Gasteiger partial charge in [0.15, 0.2) is 0 Å². The fraction of sp³-hybridized carbons (Fsp3) is 0.385. The van der Waals surface area contributed by atoms with E-state index in [4.69, 9.17) is 4.98 Å². The molecule has 7 nitrogen and oxygen atoms in total. The van der Waals surface area contributed by atoms with Crippen LogP contribution in [0.1, 0.15) is 48.2 Å². The lowest BCUT2D eigenvalue weighted by Crippen LogP contribution is -2.48. The molecule has 0 spiro atoms. The van der Waals surface area contributed by atoms with Gasteiger partial charge in [0, 0.05) is 61.2 Å². The van der Waals surface area contributed by atoms with Gasteiger partial charge < -0.3 is 9.80 Å². The Kier molecular flexibility index (Phi) is 6.58. The lowest BCUT2D eigenvalue weighted by molar-refractivity contribution is -0.126. The maximum atomic E-state index is 12.9. The van der Waals surface area contributed by atoms with Crippen LogP contribution in [-0.2, 0) is 4.79 Å². The van der Waals surface area contributed by atoms with Gasteiger partial charge >= 0.3 is 0 Å². The molecule has 2 aromatic heterocycles. The number of amides is 1. The van der Waals surface area contributed by atoms with Crippen molar-refractivity contribution in [3.05, 3.63) is 70.9 Å². The van der Waals surface area contributed by atoms with E-state index in [1.54, 1.807) is 6.08 Å². The highest BCUT2D eigenvalue weighted by molar-refractivity contribution is 5.92. The van der Waals surface area contributed by atoms with E-state index in [2.05, 4.69) is 28.8 Å². The van der Waals surface area contributed by atoms with Gasteiger partial charge in [0.1, 0.15) is 11.6 Å². The fourth-order valence-corrected chi connectivity index (χ4v) is 4.13. The Hall–Kier alpha value is -3.48. The largest absolute Gasteiger partial charge is 0.353 e. The van der Waals surface area contributed by atoms with Crippen molar-refractivity contribution in [3.8, 4) is 5.69 Å². The predicted octanol–water partition coefficient (Wildman–Crippen LogP) is 4.07. The van der Waals surface area contributed by atoms with Crippen LogP contribution in [0.5, 0.6) is 0 Å². The monoisotopic (exact) mass is 444 g/mol. The van der Waals surface area contributed by atoms with Crippen LogP contribution in [0.4, 0.5) is 5.82 Å². The Morgan fingerprint density at radius 2 is 1.70 bits per heavy atom. The molecule has 4 rings (SSSR count). The molecule has 0 saturated carbocycles. The van der Waals surface area contributed by atoms with E-state index in [0.717, 1.165) is 53.1 Å². The minimum Gasteiger partial charge on any atom is -0.353 e. The molecular formula is C26H32N6O. The zero-order valence-corrected chi connectivity index (χ0v) is 20.1. The molecule has 172 valence electrons. The van der Waals surface area contributed by atoms with Crippen LogP contribution in [0.15, 0.2) is 42.5 Å². The molecule has 0 aliphatic carbocycles. The summed E-state index contributed by atoms with van der Waals surface area (Å²) in [4.78, 5) is 26.3. The highest BCUT2D eigenvalue weighted by atomic mass is 16.2. The maximum Gasteiger partial charge on any atom is 0.246 e. The third kappa shape index (κ3) is 4.97. The zero-order chi connectivity index (χ0) is 23.5. The Balaban J connectivity index is 1.42. The fourth-order valence-electron chi connectivity index (χ4n) is 4.13. The number of aryl methyl sites for hydroxylation is 2. The van der Waals surface area contributed by atoms with Crippen molar-refractivity contribution < 1.29 is 4.79 Å². The summed E-state index contributed by atoms with van der Waals surface area (Å²) >= 11 is 0. The molecule has 7 heteroatoms. The SMILES string of the molecule is Cc1cc(N2CCN(C(=O)/C=C/c3c(C)nn(-c4ccccc4)c3C)CC2)nc(C(C)C)n1. The highest BCUT2D eigenvalue weighted by Gasteiger charge is 2.22. The van der Waals surface area contributed by atoms with Crippen molar-refractivity contribution in [2.24, 2.45) is 0 Å². The van der Waals surface area contributed by atoms with Crippen molar-refractivity contribution in [2.45, 2.75) is 40.5 Å². The van der Waals surface area contributed by atoms with Gasteiger partial charge in [-0.2, -0.15) is 5.10 Å². The van der Waals surface area contributed by atoms with Gasteiger partial charge in [0.05, 0.1) is 11.4 Å². The zero-order valence-electron chi connectivity index (χ0n) is 20.1. The Morgan fingerprint density at radius 3 is 2.36 bits per heavy atom. The topological polar surface area (TPSA) is 67.2 Å². The first-order valence-electron chi connectivity index (χ1n) is 11.5. The summed E-state index contributed by atoms with van der Waals surface area (Å²) in [5, 5.41) is 4.66. The van der Waals surface area contributed by atoms with E-state index < -0.39 is 0 Å². The molecule has 3 aromatic rings. The van der Waals surface area contributed by atoms with E-state index in [1.165, 1.54) is 0 Å². The van der Waals surface area contributed by atoms with Gasteiger partial charge in [-0.1, -0.05) is 32.0 Å². The average Bonchev–Trinajstić information content (AvgIpc) is 3.10. The van der Waals surface area contributed by atoms with Gasteiger partial charge in [-0.05, 0) is 39.0 Å². The van der Waals surface area contributed by atoms with Crippen LogP contribution >= 0.6 is 0 Å². The molecule has 1 fully saturated rings. The summed E-state index contributed by atoms with van der Waals surface area (Å²) in [5.74, 6) is 2.14. The number of nitrogens with zero attached hydrogens (tertiary/aromatic N) is 6. The first-order valence-corrected chi connectivity index (χ1v) is 11.5. The molecule has 0 N–H and O–H groups in total. The van der Waals surface area contributed by atoms with Crippen molar-refractivity contribution in [1.82, 2.24) is 24.6 Å². The third-order valence-corrected chi connectivity index (χ3v) is 6.03. The van der Waals surface area contributed by atoms with E-state index in [9.17, 15) is 4.79 Å².